The largest absolute Gasteiger partial charge is 0.467 e. The molecule has 1 aromatic carbocycles. The Bertz CT molecular complexity index is 947. The monoisotopic (exact) mass is 388 g/mol. The number of hydrogen-bond acceptors (Lipinski definition) is 4. The number of benzene rings is 1. The molecule has 2 heterocycles. The van der Waals surface area contributed by atoms with Gasteiger partial charge in [-0.05, 0) is 31.2 Å². The SMILES string of the molecule is CC(NC(=O)/C=C/c1sc2ccccc2c1Cl)C(=O)NCc1ccco1. The number of amides is 2. The molecule has 0 fully saturated rings. The Morgan fingerprint density at radius 3 is 2.81 bits per heavy atom. The van der Waals surface area contributed by atoms with Gasteiger partial charge in [0.1, 0.15) is 11.8 Å². The Balaban J connectivity index is 1.56. The molecule has 0 aliphatic rings. The molecule has 1 unspecified atom stereocenters. The molecule has 2 N–H and O–H groups in total. The van der Waals surface area contributed by atoms with Crippen LogP contribution in [0.15, 0.2) is 53.2 Å². The molecule has 0 bridgehead atoms. The van der Waals surface area contributed by atoms with Crippen molar-refractivity contribution in [2.75, 3.05) is 0 Å². The van der Waals surface area contributed by atoms with Gasteiger partial charge in [0, 0.05) is 21.0 Å². The Labute approximate surface area is 159 Å². The number of rotatable bonds is 6. The van der Waals surface area contributed by atoms with E-state index in [2.05, 4.69) is 10.6 Å². The van der Waals surface area contributed by atoms with Crippen molar-refractivity contribution in [3.63, 3.8) is 0 Å². The van der Waals surface area contributed by atoms with Gasteiger partial charge >= 0.3 is 0 Å². The molecule has 1 atom stereocenters. The third-order valence-electron chi connectivity index (χ3n) is 3.71. The molecule has 134 valence electrons. The fourth-order valence-electron chi connectivity index (χ4n) is 2.36. The van der Waals surface area contributed by atoms with Crippen LogP contribution in [0.5, 0.6) is 0 Å². The van der Waals surface area contributed by atoms with Crippen molar-refractivity contribution in [1.82, 2.24) is 10.6 Å². The number of furan rings is 1. The Morgan fingerprint density at radius 1 is 1.27 bits per heavy atom. The normalized spacial score (nSPS) is 12.4. The van der Waals surface area contributed by atoms with Crippen molar-refractivity contribution < 1.29 is 14.0 Å². The highest BCUT2D eigenvalue weighted by molar-refractivity contribution is 7.20. The molecule has 0 spiro atoms. The lowest BCUT2D eigenvalue weighted by Crippen LogP contribution is -2.44. The molecular weight excluding hydrogens is 372 g/mol. The van der Waals surface area contributed by atoms with Gasteiger partial charge in [-0.2, -0.15) is 0 Å². The van der Waals surface area contributed by atoms with Gasteiger partial charge in [-0.25, -0.2) is 0 Å². The van der Waals surface area contributed by atoms with E-state index in [1.165, 1.54) is 23.7 Å². The molecule has 0 radical (unpaired) electrons. The van der Waals surface area contributed by atoms with Gasteiger partial charge in [0.25, 0.3) is 0 Å². The third kappa shape index (κ3) is 4.33. The second kappa shape index (κ2) is 8.21. The van der Waals surface area contributed by atoms with Crippen molar-refractivity contribution in [1.29, 1.82) is 0 Å². The van der Waals surface area contributed by atoms with Crippen molar-refractivity contribution in [3.05, 3.63) is 64.4 Å². The van der Waals surface area contributed by atoms with Gasteiger partial charge in [0.2, 0.25) is 11.8 Å². The van der Waals surface area contributed by atoms with Crippen molar-refractivity contribution in [3.8, 4) is 0 Å². The summed E-state index contributed by atoms with van der Waals surface area (Å²) in [5.41, 5.74) is 0. The van der Waals surface area contributed by atoms with Gasteiger partial charge in [-0.1, -0.05) is 29.8 Å². The van der Waals surface area contributed by atoms with Crippen LogP contribution in [0.4, 0.5) is 0 Å². The standard InChI is InChI=1S/C19H17ClN2O3S/c1-12(19(24)21-11-13-5-4-10-25-13)22-17(23)9-8-16-18(20)14-6-2-3-7-15(14)26-16/h2-10,12H,11H2,1H3,(H,21,24)(H,22,23)/b9-8+. The Kier molecular flexibility index (Phi) is 5.75. The fraction of sp³-hybridized carbons (Fsp3) is 0.158. The zero-order valence-electron chi connectivity index (χ0n) is 14.0. The molecule has 3 aromatic rings. The second-order valence-corrected chi connectivity index (χ2v) is 7.10. The summed E-state index contributed by atoms with van der Waals surface area (Å²) in [7, 11) is 0. The molecular formula is C19H17ClN2O3S. The number of nitrogens with one attached hydrogen (secondary N) is 2. The molecule has 2 aromatic heterocycles. The van der Waals surface area contributed by atoms with E-state index >= 15 is 0 Å². The highest BCUT2D eigenvalue weighted by atomic mass is 35.5. The molecule has 26 heavy (non-hydrogen) atoms. The summed E-state index contributed by atoms with van der Waals surface area (Å²) in [6, 6.07) is 10.6. The topological polar surface area (TPSA) is 71.3 Å². The summed E-state index contributed by atoms with van der Waals surface area (Å²) in [6.45, 7) is 1.90. The highest BCUT2D eigenvalue weighted by Gasteiger charge is 2.14. The summed E-state index contributed by atoms with van der Waals surface area (Å²) in [4.78, 5) is 24.9. The molecule has 0 saturated heterocycles. The minimum absolute atomic E-state index is 0.277. The van der Waals surface area contributed by atoms with E-state index < -0.39 is 6.04 Å². The number of thiophene rings is 1. The van der Waals surface area contributed by atoms with E-state index in [4.69, 9.17) is 16.0 Å². The molecule has 0 aliphatic carbocycles. The number of fused-ring (bicyclic) bond motifs is 1. The maximum atomic E-state index is 12.1. The first-order valence-electron chi connectivity index (χ1n) is 8.00. The van der Waals surface area contributed by atoms with Crippen molar-refractivity contribution >= 4 is 50.9 Å². The maximum absolute atomic E-state index is 12.1. The molecule has 2 amide bonds. The van der Waals surface area contributed by atoms with Crippen molar-refractivity contribution in [2.45, 2.75) is 19.5 Å². The number of carbonyl (C=O) groups excluding carboxylic acids is 2. The number of hydrogen-bond donors (Lipinski definition) is 2. The summed E-state index contributed by atoms with van der Waals surface area (Å²) in [5.74, 6) is -0.00149. The average Bonchev–Trinajstić information content (AvgIpc) is 3.26. The van der Waals surface area contributed by atoms with Crippen LogP contribution in [0.1, 0.15) is 17.6 Å². The predicted molar refractivity (Wildman–Crippen MR) is 104 cm³/mol. The minimum Gasteiger partial charge on any atom is -0.467 e. The highest BCUT2D eigenvalue weighted by Crippen LogP contribution is 2.35. The van der Waals surface area contributed by atoms with Gasteiger partial charge < -0.3 is 15.1 Å². The van der Waals surface area contributed by atoms with Crippen LogP contribution in [0.3, 0.4) is 0 Å². The lowest BCUT2D eigenvalue weighted by atomic mass is 10.2. The smallest absolute Gasteiger partial charge is 0.244 e. The Hall–Kier alpha value is -2.57. The van der Waals surface area contributed by atoms with Gasteiger partial charge in [0.05, 0.1) is 17.8 Å². The number of halogens is 1. The van der Waals surface area contributed by atoms with Crippen molar-refractivity contribution in [2.24, 2.45) is 0 Å². The van der Waals surface area contributed by atoms with E-state index in [9.17, 15) is 9.59 Å². The first-order chi connectivity index (χ1) is 12.5. The second-order valence-electron chi connectivity index (χ2n) is 5.64. The zero-order valence-corrected chi connectivity index (χ0v) is 15.6. The lowest BCUT2D eigenvalue weighted by molar-refractivity contribution is -0.126. The lowest BCUT2D eigenvalue weighted by Gasteiger charge is -2.12. The molecule has 3 rings (SSSR count). The van der Waals surface area contributed by atoms with Gasteiger partial charge in [-0.15, -0.1) is 11.3 Å². The van der Waals surface area contributed by atoms with E-state index in [1.54, 1.807) is 25.1 Å². The van der Waals surface area contributed by atoms with Crippen LogP contribution < -0.4 is 10.6 Å². The fourth-order valence-corrected chi connectivity index (χ4v) is 3.76. The predicted octanol–water partition coefficient (Wildman–Crippen LogP) is 3.98. The van der Waals surface area contributed by atoms with Crippen LogP contribution in [0.25, 0.3) is 16.2 Å². The van der Waals surface area contributed by atoms with Gasteiger partial charge in [0.15, 0.2) is 0 Å². The quantitative estimate of drug-likeness (QED) is 0.627. The van der Waals surface area contributed by atoms with Crippen LogP contribution >= 0.6 is 22.9 Å². The molecule has 0 saturated carbocycles. The molecule has 0 aliphatic heterocycles. The van der Waals surface area contributed by atoms with E-state index in [-0.39, 0.29) is 18.4 Å². The summed E-state index contributed by atoms with van der Waals surface area (Å²) in [6.07, 6.45) is 4.58. The van der Waals surface area contributed by atoms with E-state index in [0.717, 1.165) is 15.0 Å². The van der Waals surface area contributed by atoms with E-state index in [1.807, 2.05) is 24.3 Å². The van der Waals surface area contributed by atoms with Crippen LogP contribution in [0.2, 0.25) is 5.02 Å². The van der Waals surface area contributed by atoms with Crippen LogP contribution in [0, 0.1) is 0 Å². The van der Waals surface area contributed by atoms with Crippen LogP contribution in [-0.2, 0) is 16.1 Å². The first-order valence-corrected chi connectivity index (χ1v) is 9.19. The summed E-state index contributed by atoms with van der Waals surface area (Å²) in [5, 5.41) is 6.91. The first kappa shape index (κ1) is 18.2. The number of carbonyl (C=O) groups is 2. The maximum Gasteiger partial charge on any atom is 0.244 e. The third-order valence-corrected chi connectivity index (χ3v) is 5.37. The summed E-state index contributed by atoms with van der Waals surface area (Å²) < 4.78 is 6.20. The molecule has 5 nitrogen and oxygen atoms in total. The zero-order chi connectivity index (χ0) is 18.5. The Morgan fingerprint density at radius 2 is 2.08 bits per heavy atom. The van der Waals surface area contributed by atoms with Gasteiger partial charge in [-0.3, -0.25) is 9.59 Å². The van der Waals surface area contributed by atoms with Crippen LogP contribution in [-0.4, -0.2) is 17.9 Å². The minimum atomic E-state index is -0.667. The average molecular weight is 389 g/mol. The van der Waals surface area contributed by atoms with E-state index in [0.29, 0.717) is 10.8 Å². The summed E-state index contributed by atoms with van der Waals surface area (Å²) >= 11 is 7.85. The molecule has 7 heteroatoms.